The first-order valence-electron chi connectivity index (χ1n) is 11.2. The fraction of sp³-hybridized carbons (Fsp3) is 0.444. The molecule has 0 saturated carbocycles. The number of H-pyrrole nitrogens is 1. The van der Waals surface area contributed by atoms with Crippen molar-refractivity contribution in [3.05, 3.63) is 38.5 Å². The predicted molar refractivity (Wildman–Crippen MR) is 131 cm³/mol. The lowest BCUT2D eigenvalue weighted by Gasteiger charge is -2.23. The molecule has 2 aliphatic heterocycles. The zero-order valence-corrected chi connectivity index (χ0v) is 21.5. The van der Waals surface area contributed by atoms with E-state index in [0.717, 1.165) is 21.8 Å². The van der Waals surface area contributed by atoms with Crippen LogP contribution in [0, 0.1) is 0 Å². The lowest BCUT2D eigenvalue weighted by molar-refractivity contribution is -0.0557. The van der Waals surface area contributed by atoms with Gasteiger partial charge in [0.15, 0.2) is 23.5 Å². The van der Waals surface area contributed by atoms with Crippen LogP contribution in [-0.2, 0) is 23.1 Å². The number of fused-ring (bicyclic) bond motifs is 1. The van der Waals surface area contributed by atoms with Crippen LogP contribution in [0.4, 0.5) is 11.9 Å². The van der Waals surface area contributed by atoms with E-state index in [1.54, 1.807) is 0 Å². The Morgan fingerprint density at radius 1 is 1.18 bits per heavy atom. The molecule has 4 unspecified atom stereocenters. The number of hydrogen-bond acceptors (Lipinski definition) is 16. The molecule has 22 heteroatoms. The Kier molecular flexibility index (Phi) is 7.37. The maximum atomic E-state index is 12.7. The van der Waals surface area contributed by atoms with Gasteiger partial charge in [0.2, 0.25) is 17.8 Å². The first-order valence-corrected chi connectivity index (χ1v) is 13.1. The minimum absolute atomic E-state index is 0.0373. The van der Waals surface area contributed by atoms with Crippen molar-refractivity contribution in [2.45, 2.75) is 36.7 Å². The van der Waals surface area contributed by atoms with Gasteiger partial charge in [-0.15, -0.1) is 0 Å². The molecule has 0 aliphatic carbocycles. The van der Waals surface area contributed by atoms with Gasteiger partial charge < -0.3 is 41.2 Å². The average molecular weight is 606 g/mol. The molecule has 7 atom stereocenters. The fourth-order valence-corrected chi connectivity index (χ4v) is 5.27. The molecule has 0 spiro atoms. The van der Waals surface area contributed by atoms with Crippen molar-refractivity contribution in [2.75, 3.05) is 24.7 Å². The molecule has 0 radical (unpaired) electrons. The highest BCUT2D eigenvalue weighted by molar-refractivity contribution is 7.47. The SMILES string of the molecule is Nc1ncn([C@@H]2O[C@H](CO)C(OP(=O)(O)OC[C@H]3OC(n4cnc5c(=O)[nH]c(N)nc54)=C(Cl)C3O)C2O)c(=O)n1. The van der Waals surface area contributed by atoms with Crippen LogP contribution in [0.25, 0.3) is 17.0 Å². The van der Waals surface area contributed by atoms with Gasteiger partial charge in [0.25, 0.3) is 5.56 Å². The second kappa shape index (κ2) is 10.5. The second-order valence-electron chi connectivity index (χ2n) is 8.47. The molecule has 1 saturated heterocycles. The van der Waals surface area contributed by atoms with E-state index in [-0.39, 0.29) is 34.0 Å². The van der Waals surface area contributed by atoms with Gasteiger partial charge in [-0.3, -0.25) is 28.0 Å². The minimum atomic E-state index is -5.03. The Bertz CT molecular complexity index is 1640. The third kappa shape index (κ3) is 5.07. The van der Waals surface area contributed by atoms with Crippen molar-refractivity contribution in [2.24, 2.45) is 0 Å². The molecule has 1 fully saturated rings. The summed E-state index contributed by atoms with van der Waals surface area (Å²) < 4.78 is 35.6. The maximum Gasteiger partial charge on any atom is 0.472 e. The van der Waals surface area contributed by atoms with E-state index >= 15 is 0 Å². The Morgan fingerprint density at radius 2 is 1.93 bits per heavy atom. The Labute approximate surface area is 226 Å². The molecule has 40 heavy (non-hydrogen) atoms. The third-order valence-corrected chi connectivity index (χ3v) is 7.26. The summed E-state index contributed by atoms with van der Waals surface area (Å²) in [5.74, 6) is -0.753. The number of aromatic amines is 1. The standard InChI is InChI=1S/C18H21ClN9O11P/c19-7-9(30)6(38-14(7)27-3-22-8-12(27)24-17(21)25-13(8)32)2-36-40(34,35)39-11-5(1-29)37-15(10(11)31)28-4-23-16(20)26-18(28)33/h3-6,9-11,15,29-31H,1-2H2,(H,34,35)(H2,20,26,33)(H3,21,24,25,32)/t5-,6-,9?,10?,11?,15-/m1/s1. The molecule has 9 N–H and O–H groups in total. The highest BCUT2D eigenvalue weighted by Gasteiger charge is 2.49. The van der Waals surface area contributed by atoms with Gasteiger partial charge in [-0.05, 0) is 0 Å². The molecule has 3 aromatic rings. The molecular formula is C18H21ClN9O11P. The number of nitrogens with zero attached hydrogens (tertiary/aromatic N) is 6. The van der Waals surface area contributed by atoms with Crippen molar-refractivity contribution in [1.29, 1.82) is 0 Å². The number of halogens is 1. The second-order valence-corrected chi connectivity index (χ2v) is 10.3. The number of anilines is 2. The monoisotopic (exact) mass is 605 g/mol. The summed E-state index contributed by atoms with van der Waals surface area (Å²) in [4.78, 5) is 51.6. The number of ether oxygens (including phenoxy) is 2. The first kappa shape index (κ1) is 28.1. The number of aliphatic hydroxyl groups is 3. The Hall–Kier alpha value is -3.46. The number of phosphoric ester groups is 1. The van der Waals surface area contributed by atoms with Crippen LogP contribution in [0.2, 0.25) is 0 Å². The van der Waals surface area contributed by atoms with Gasteiger partial charge in [-0.2, -0.15) is 9.97 Å². The largest absolute Gasteiger partial charge is 0.472 e. The number of aromatic nitrogens is 7. The van der Waals surface area contributed by atoms with Crippen molar-refractivity contribution in [3.63, 3.8) is 0 Å². The molecule has 0 bridgehead atoms. The van der Waals surface area contributed by atoms with E-state index < -0.39 is 69.0 Å². The predicted octanol–water partition coefficient (Wildman–Crippen LogP) is -3.19. The number of nitrogen functional groups attached to an aromatic ring is 2. The van der Waals surface area contributed by atoms with Crippen LogP contribution in [0.15, 0.2) is 27.3 Å². The van der Waals surface area contributed by atoms with Crippen LogP contribution in [0.3, 0.4) is 0 Å². The minimum Gasteiger partial charge on any atom is -0.469 e. The molecule has 0 aromatic carbocycles. The molecule has 5 rings (SSSR count). The van der Waals surface area contributed by atoms with Gasteiger partial charge in [0.05, 0.1) is 13.2 Å². The van der Waals surface area contributed by atoms with Gasteiger partial charge in [-0.1, -0.05) is 11.6 Å². The summed E-state index contributed by atoms with van der Waals surface area (Å²) in [5, 5.41) is 30.5. The smallest absolute Gasteiger partial charge is 0.469 e. The van der Waals surface area contributed by atoms with E-state index in [1.165, 1.54) is 0 Å². The maximum absolute atomic E-state index is 12.7. The molecule has 0 amide bonds. The average Bonchev–Trinajstić information content (AvgIpc) is 3.53. The van der Waals surface area contributed by atoms with Crippen molar-refractivity contribution < 1.29 is 43.3 Å². The number of aliphatic hydroxyl groups excluding tert-OH is 3. The van der Waals surface area contributed by atoms with Gasteiger partial charge in [0.1, 0.15) is 42.1 Å². The number of nitrogens with one attached hydrogen (secondary N) is 1. The molecule has 5 heterocycles. The number of phosphoric acid groups is 1. The zero-order valence-electron chi connectivity index (χ0n) is 19.8. The highest BCUT2D eigenvalue weighted by Crippen LogP contribution is 2.49. The Balaban J connectivity index is 1.27. The molecule has 20 nitrogen and oxygen atoms in total. The van der Waals surface area contributed by atoms with Crippen LogP contribution in [0.5, 0.6) is 0 Å². The number of imidazole rings is 1. The van der Waals surface area contributed by atoms with Crippen molar-refractivity contribution >= 4 is 48.4 Å². The molecule has 3 aromatic heterocycles. The van der Waals surface area contributed by atoms with Gasteiger partial charge in [-0.25, -0.2) is 19.3 Å². The van der Waals surface area contributed by atoms with Gasteiger partial charge in [0, 0.05) is 0 Å². The lowest BCUT2D eigenvalue weighted by Crippen LogP contribution is -2.38. The van der Waals surface area contributed by atoms with Crippen molar-refractivity contribution in [3.8, 4) is 0 Å². The number of rotatable bonds is 8. The summed E-state index contributed by atoms with van der Waals surface area (Å²) in [6, 6.07) is 0. The molecular weight excluding hydrogens is 585 g/mol. The van der Waals surface area contributed by atoms with Crippen LogP contribution in [-0.4, -0.2) is 98.0 Å². The van der Waals surface area contributed by atoms with E-state index in [0.29, 0.717) is 0 Å². The van der Waals surface area contributed by atoms with Crippen LogP contribution in [0.1, 0.15) is 6.23 Å². The first-order chi connectivity index (χ1) is 18.9. The van der Waals surface area contributed by atoms with Gasteiger partial charge >= 0.3 is 13.5 Å². The third-order valence-electron chi connectivity index (χ3n) is 5.89. The topological polar surface area (TPSA) is 298 Å². The van der Waals surface area contributed by atoms with Crippen molar-refractivity contribution in [1.82, 2.24) is 34.1 Å². The van der Waals surface area contributed by atoms with Crippen LogP contribution < -0.4 is 22.7 Å². The quantitative estimate of drug-likeness (QED) is 0.124. The fourth-order valence-electron chi connectivity index (χ4n) is 4.03. The zero-order chi connectivity index (χ0) is 28.9. The summed E-state index contributed by atoms with van der Waals surface area (Å²) in [7, 11) is -5.03. The summed E-state index contributed by atoms with van der Waals surface area (Å²) in [6.07, 6.45) is -7.12. The molecule has 216 valence electrons. The number of nitrogens with two attached hydrogens (primary N) is 2. The summed E-state index contributed by atoms with van der Waals surface area (Å²) in [6.45, 7) is -1.55. The van der Waals surface area contributed by atoms with E-state index in [2.05, 4.69) is 24.9 Å². The Morgan fingerprint density at radius 3 is 2.62 bits per heavy atom. The summed E-state index contributed by atoms with van der Waals surface area (Å²) >= 11 is 6.21. The number of hydrogen-bond donors (Lipinski definition) is 7. The van der Waals surface area contributed by atoms with E-state index in [9.17, 15) is 34.4 Å². The van der Waals surface area contributed by atoms with E-state index in [4.69, 9.17) is 41.6 Å². The normalized spacial score (nSPS) is 28.2. The highest BCUT2D eigenvalue weighted by atomic mass is 35.5. The lowest BCUT2D eigenvalue weighted by atomic mass is 10.1. The van der Waals surface area contributed by atoms with E-state index in [1.807, 2.05) is 0 Å². The summed E-state index contributed by atoms with van der Waals surface area (Å²) in [5.41, 5.74) is 9.21. The van der Waals surface area contributed by atoms with Crippen LogP contribution >= 0.6 is 19.4 Å². The molecule has 2 aliphatic rings.